The predicted molar refractivity (Wildman–Crippen MR) is 330 cm³/mol. The predicted octanol–water partition coefficient (Wildman–Crippen LogP) is 22.7. The second-order valence-corrected chi connectivity index (χ2v) is 22.4. The molecule has 0 bridgehead atoms. The summed E-state index contributed by atoms with van der Waals surface area (Å²) in [5.41, 5.74) is 0. The lowest BCUT2D eigenvalue weighted by Crippen LogP contribution is -2.30. The van der Waals surface area contributed by atoms with Crippen LogP contribution in [0.5, 0.6) is 0 Å². The Labute approximate surface area is 472 Å². The van der Waals surface area contributed by atoms with Crippen molar-refractivity contribution < 1.29 is 28.6 Å². The summed E-state index contributed by atoms with van der Waals surface area (Å²) in [6.07, 6.45) is 83.0. The average molecular weight is 1060 g/mol. The van der Waals surface area contributed by atoms with Gasteiger partial charge in [-0.1, -0.05) is 326 Å². The number of hydrogen-bond donors (Lipinski definition) is 0. The van der Waals surface area contributed by atoms with Crippen molar-refractivity contribution in [2.75, 3.05) is 13.2 Å². The summed E-state index contributed by atoms with van der Waals surface area (Å²) in [6, 6.07) is 0. The third-order valence-electron chi connectivity index (χ3n) is 14.8. The third kappa shape index (κ3) is 62.0. The van der Waals surface area contributed by atoms with Crippen molar-refractivity contribution in [3.05, 3.63) is 60.8 Å². The minimum Gasteiger partial charge on any atom is -0.462 e. The number of ether oxygens (including phenoxy) is 3. The van der Waals surface area contributed by atoms with E-state index in [1.54, 1.807) is 0 Å². The van der Waals surface area contributed by atoms with Gasteiger partial charge in [0.25, 0.3) is 0 Å². The van der Waals surface area contributed by atoms with Gasteiger partial charge in [0.2, 0.25) is 0 Å². The zero-order chi connectivity index (χ0) is 55.0. The van der Waals surface area contributed by atoms with Crippen LogP contribution >= 0.6 is 0 Å². The molecule has 0 fully saturated rings. The zero-order valence-corrected chi connectivity index (χ0v) is 50.8. The van der Waals surface area contributed by atoms with Crippen molar-refractivity contribution in [3.8, 4) is 0 Å². The summed E-state index contributed by atoms with van der Waals surface area (Å²) in [5.74, 6) is -0.913. The molecule has 0 saturated carbocycles. The maximum Gasteiger partial charge on any atom is 0.306 e. The second kappa shape index (κ2) is 64.6. The van der Waals surface area contributed by atoms with Crippen LogP contribution in [0.2, 0.25) is 0 Å². The Hall–Kier alpha value is -2.89. The van der Waals surface area contributed by atoms with Crippen LogP contribution in [0.25, 0.3) is 0 Å². The molecule has 6 heteroatoms. The Balaban J connectivity index is 3.97. The maximum absolute atomic E-state index is 12.8. The molecule has 0 aromatic rings. The van der Waals surface area contributed by atoms with Gasteiger partial charge in [-0.25, -0.2) is 0 Å². The van der Waals surface area contributed by atoms with Crippen molar-refractivity contribution in [1.82, 2.24) is 0 Å². The molecular formula is C70H126O6. The maximum atomic E-state index is 12.8. The molecule has 0 radical (unpaired) electrons. The van der Waals surface area contributed by atoms with Crippen molar-refractivity contribution in [2.45, 2.75) is 354 Å². The summed E-state index contributed by atoms with van der Waals surface area (Å²) >= 11 is 0. The fourth-order valence-electron chi connectivity index (χ4n) is 9.83. The molecule has 1 unspecified atom stereocenters. The molecule has 0 spiro atoms. The molecule has 76 heavy (non-hydrogen) atoms. The van der Waals surface area contributed by atoms with E-state index in [1.165, 1.54) is 212 Å². The van der Waals surface area contributed by atoms with Crippen molar-refractivity contribution >= 4 is 17.9 Å². The summed E-state index contributed by atoms with van der Waals surface area (Å²) in [6.45, 7) is 6.48. The van der Waals surface area contributed by atoms with E-state index < -0.39 is 6.10 Å². The molecule has 0 aliphatic carbocycles. The Kier molecular flexibility index (Phi) is 62.2. The number of carbonyl (C=O) groups is 3. The van der Waals surface area contributed by atoms with E-state index in [-0.39, 0.29) is 31.1 Å². The number of allylic oxidation sites excluding steroid dienone is 10. The molecule has 0 heterocycles. The fraction of sp³-hybridized carbons (Fsp3) is 0.814. The molecule has 442 valence electrons. The minimum atomic E-state index is -0.788. The van der Waals surface area contributed by atoms with Gasteiger partial charge in [-0.2, -0.15) is 0 Å². The van der Waals surface area contributed by atoms with E-state index in [2.05, 4.69) is 81.5 Å². The smallest absolute Gasteiger partial charge is 0.306 e. The Morgan fingerprint density at radius 3 is 0.803 bits per heavy atom. The van der Waals surface area contributed by atoms with E-state index in [0.717, 1.165) is 96.3 Å². The van der Waals surface area contributed by atoms with Gasteiger partial charge in [-0.05, 0) is 64.2 Å². The van der Waals surface area contributed by atoms with Crippen molar-refractivity contribution in [3.63, 3.8) is 0 Å². The highest BCUT2D eigenvalue weighted by Gasteiger charge is 2.19. The molecule has 0 aliphatic rings. The first-order chi connectivity index (χ1) is 37.5. The first-order valence-electron chi connectivity index (χ1n) is 33.3. The Morgan fingerprint density at radius 1 is 0.276 bits per heavy atom. The lowest BCUT2D eigenvalue weighted by atomic mass is 10.0. The van der Waals surface area contributed by atoms with Crippen LogP contribution in [0.15, 0.2) is 60.8 Å². The molecule has 1 atom stereocenters. The molecule has 0 N–H and O–H groups in total. The number of rotatable bonds is 61. The topological polar surface area (TPSA) is 78.9 Å². The van der Waals surface area contributed by atoms with Crippen molar-refractivity contribution in [2.24, 2.45) is 0 Å². The van der Waals surface area contributed by atoms with Gasteiger partial charge >= 0.3 is 17.9 Å². The lowest BCUT2D eigenvalue weighted by molar-refractivity contribution is -0.167. The van der Waals surface area contributed by atoms with E-state index in [0.29, 0.717) is 19.3 Å². The SMILES string of the molecule is CC/C=C\C/C=C\C/C=C\C/C=C\C/C=C\CCCCCC(=O)OC(COC(=O)CCCCCCCC)COC(=O)CCCCCCCCCCCCCCCCCCCCCCCCCCCCCCCCCCC. The van der Waals surface area contributed by atoms with E-state index in [9.17, 15) is 14.4 Å². The van der Waals surface area contributed by atoms with E-state index in [1.807, 2.05) is 0 Å². The van der Waals surface area contributed by atoms with Crippen LogP contribution in [0.1, 0.15) is 348 Å². The van der Waals surface area contributed by atoms with Crippen LogP contribution in [0.4, 0.5) is 0 Å². The van der Waals surface area contributed by atoms with Crippen LogP contribution in [0.3, 0.4) is 0 Å². The molecule has 0 amide bonds. The largest absolute Gasteiger partial charge is 0.462 e. The second-order valence-electron chi connectivity index (χ2n) is 22.4. The quantitative estimate of drug-likeness (QED) is 0.0261. The number of unbranched alkanes of at least 4 members (excludes halogenated alkanes) is 40. The van der Waals surface area contributed by atoms with Gasteiger partial charge in [-0.15, -0.1) is 0 Å². The molecular weight excluding hydrogens is 937 g/mol. The van der Waals surface area contributed by atoms with Crippen molar-refractivity contribution in [1.29, 1.82) is 0 Å². The van der Waals surface area contributed by atoms with E-state index >= 15 is 0 Å². The van der Waals surface area contributed by atoms with Gasteiger partial charge in [-0.3, -0.25) is 14.4 Å². The zero-order valence-electron chi connectivity index (χ0n) is 50.8. The summed E-state index contributed by atoms with van der Waals surface area (Å²) in [5, 5.41) is 0. The van der Waals surface area contributed by atoms with Crippen LogP contribution < -0.4 is 0 Å². The third-order valence-corrected chi connectivity index (χ3v) is 14.8. The summed E-state index contributed by atoms with van der Waals surface area (Å²) in [4.78, 5) is 38.0. The van der Waals surface area contributed by atoms with Crippen LogP contribution in [-0.2, 0) is 28.6 Å². The normalized spacial score (nSPS) is 12.4. The van der Waals surface area contributed by atoms with Gasteiger partial charge in [0.1, 0.15) is 13.2 Å². The molecule has 0 aromatic carbocycles. The Bertz CT molecular complexity index is 1360. The summed E-state index contributed by atoms with van der Waals surface area (Å²) in [7, 11) is 0. The van der Waals surface area contributed by atoms with Gasteiger partial charge in [0, 0.05) is 19.3 Å². The highest BCUT2D eigenvalue weighted by molar-refractivity contribution is 5.71. The van der Waals surface area contributed by atoms with Gasteiger partial charge in [0.05, 0.1) is 0 Å². The first kappa shape index (κ1) is 73.1. The Morgan fingerprint density at radius 2 is 0.513 bits per heavy atom. The van der Waals surface area contributed by atoms with Crippen LogP contribution in [-0.4, -0.2) is 37.2 Å². The molecule has 6 nitrogen and oxygen atoms in total. The first-order valence-corrected chi connectivity index (χ1v) is 33.3. The monoisotopic (exact) mass is 1060 g/mol. The fourth-order valence-corrected chi connectivity index (χ4v) is 9.83. The van der Waals surface area contributed by atoms with Gasteiger partial charge < -0.3 is 14.2 Å². The summed E-state index contributed by atoms with van der Waals surface area (Å²) < 4.78 is 16.8. The standard InChI is InChI=1S/C70H126O6/c1-4-7-10-13-16-18-20-22-24-26-28-29-30-31-32-33-34-35-36-37-38-39-40-41-43-44-46-48-50-52-54-57-60-63-69(72)75-66-67(65-74-68(71)62-59-56-15-12-9-6-3)76-70(73)64-61-58-55-53-51-49-47-45-42-27-25-23-21-19-17-14-11-8-5-2/h8,11,17,19,23,25,42,45,49,51,67H,4-7,9-10,12-16,18,20-22,24,26-41,43-44,46-48,50,52-66H2,1-3H3/b11-8-,19-17-,25-23-,45-42-,51-49-. The van der Waals surface area contributed by atoms with Crippen LogP contribution in [0, 0.1) is 0 Å². The molecule has 0 aromatic heterocycles. The molecule has 0 aliphatic heterocycles. The van der Waals surface area contributed by atoms with E-state index in [4.69, 9.17) is 14.2 Å². The number of hydrogen-bond acceptors (Lipinski definition) is 6. The van der Waals surface area contributed by atoms with Gasteiger partial charge in [0.15, 0.2) is 6.10 Å². The number of carbonyl (C=O) groups excluding carboxylic acids is 3. The highest BCUT2D eigenvalue weighted by Crippen LogP contribution is 2.18. The minimum absolute atomic E-state index is 0.0847. The highest BCUT2D eigenvalue weighted by atomic mass is 16.6. The number of esters is 3. The molecule has 0 rings (SSSR count). The average Bonchev–Trinajstić information content (AvgIpc) is 3.42. The lowest BCUT2D eigenvalue weighted by Gasteiger charge is -2.18. The molecule has 0 saturated heterocycles.